The van der Waals surface area contributed by atoms with Gasteiger partial charge in [0.15, 0.2) is 0 Å². The monoisotopic (exact) mass is 316 g/mol. The standard InChI is InChI=1S/C18H17FO4/c1-18(17(22)23)9-8-13(10-2-3-10)14(16(20)21)15(18)11-4-6-12(19)7-5-11/h4-10,15H,2-3H2,1H3,(H,20,21)(H,22,23). The van der Waals surface area contributed by atoms with Crippen LogP contribution in [0.3, 0.4) is 0 Å². The van der Waals surface area contributed by atoms with Crippen molar-refractivity contribution in [1.29, 1.82) is 0 Å². The van der Waals surface area contributed by atoms with Crippen LogP contribution in [0.2, 0.25) is 0 Å². The Morgan fingerprint density at radius 1 is 1.17 bits per heavy atom. The number of hydrogen-bond donors (Lipinski definition) is 2. The Morgan fingerprint density at radius 3 is 2.26 bits per heavy atom. The van der Waals surface area contributed by atoms with E-state index in [0.29, 0.717) is 11.1 Å². The highest BCUT2D eigenvalue weighted by Crippen LogP contribution is 2.51. The Bertz CT molecular complexity index is 728. The molecule has 0 spiro atoms. The van der Waals surface area contributed by atoms with Crippen LogP contribution in [-0.2, 0) is 9.59 Å². The third-order valence-corrected chi connectivity index (χ3v) is 4.72. The summed E-state index contributed by atoms with van der Waals surface area (Å²) in [6.07, 6.45) is 5.05. The first-order valence-electron chi connectivity index (χ1n) is 7.50. The fourth-order valence-corrected chi connectivity index (χ4v) is 3.28. The van der Waals surface area contributed by atoms with Gasteiger partial charge in [-0.2, -0.15) is 0 Å². The lowest BCUT2D eigenvalue weighted by Crippen LogP contribution is -2.38. The summed E-state index contributed by atoms with van der Waals surface area (Å²) in [7, 11) is 0. The van der Waals surface area contributed by atoms with Crippen LogP contribution in [0.15, 0.2) is 47.6 Å². The lowest BCUT2D eigenvalue weighted by molar-refractivity contribution is -0.146. The maximum Gasteiger partial charge on any atom is 0.332 e. The van der Waals surface area contributed by atoms with Crippen molar-refractivity contribution in [3.8, 4) is 0 Å². The molecule has 1 aromatic carbocycles. The van der Waals surface area contributed by atoms with Gasteiger partial charge >= 0.3 is 11.9 Å². The van der Waals surface area contributed by atoms with E-state index in [0.717, 1.165) is 12.8 Å². The maximum atomic E-state index is 13.2. The number of hydrogen-bond acceptors (Lipinski definition) is 2. The van der Waals surface area contributed by atoms with Gasteiger partial charge in [0.1, 0.15) is 5.82 Å². The molecule has 120 valence electrons. The van der Waals surface area contributed by atoms with Crippen molar-refractivity contribution in [2.45, 2.75) is 25.7 Å². The van der Waals surface area contributed by atoms with Crippen molar-refractivity contribution in [2.75, 3.05) is 0 Å². The molecular formula is C18H17FO4. The van der Waals surface area contributed by atoms with Crippen LogP contribution in [-0.4, -0.2) is 22.2 Å². The van der Waals surface area contributed by atoms with Crippen LogP contribution >= 0.6 is 0 Å². The normalized spacial score (nSPS) is 27.1. The van der Waals surface area contributed by atoms with Gasteiger partial charge in [-0.05, 0) is 49.0 Å². The van der Waals surface area contributed by atoms with Crippen molar-refractivity contribution >= 4 is 11.9 Å². The smallest absolute Gasteiger partial charge is 0.332 e. The summed E-state index contributed by atoms with van der Waals surface area (Å²) in [6, 6.07) is 5.39. The first-order chi connectivity index (χ1) is 10.8. The second-order valence-corrected chi connectivity index (χ2v) is 6.35. The number of carboxylic acid groups (broad SMARTS) is 2. The van der Waals surface area contributed by atoms with E-state index in [1.54, 1.807) is 12.2 Å². The number of benzene rings is 1. The molecular weight excluding hydrogens is 299 g/mol. The fraction of sp³-hybridized carbons (Fsp3) is 0.333. The highest BCUT2D eigenvalue weighted by molar-refractivity contribution is 5.94. The van der Waals surface area contributed by atoms with Crippen LogP contribution in [0.1, 0.15) is 31.2 Å². The molecule has 2 atom stereocenters. The zero-order valence-electron chi connectivity index (χ0n) is 12.6. The van der Waals surface area contributed by atoms with Gasteiger partial charge in [-0.15, -0.1) is 0 Å². The zero-order chi connectivity index (χ0) is 16.8. The number of halogens is 1. The molecule has 3 rings (SSSR count). The molecule has 2 N–H and O–H groups in total. The third kappa shape index (κ3) is 2.56. The average Bonchev–Trinajstić information content (AvgIpc) is 3.32. The summed E-state index contributed by atoms with van der Waals surface area (Å²) in [5, 5.41) is 19.4. The Hall–Kier alpha value is -2.43. The molecule has 2 unspecified atom stereocenters. The van der Waals surface area contributed by atoms with Crippen molar-refractivity contribution in [3.05, 3.63) is 58.9 Å². The Morgan fingerprint density at radius 2 is 1.78 bits per heavy atom. The van der Waals surface area contributed by atoms with Crippen LogP contribution in [0.4, 0.5) is 4.39 Å². The Labute approximate surface area is 132 Å². The van der Waals surface area contributed by atoms with E-state index in [2.05, 4.69) is 0 Å². The summed E-state index contributed by atoms with van der Waals surface area (Å²) in [4.78, 5) is 23.7. The van der Waals surface area contributed by atoms with E-state index in [9.17, 15) is 24.2 Å². The molecule has 5 heteroatoms. The first-order valence-corrected chi connectivity index (χ1v) is 7.50. The van der Waals surface area contributed by atoms with Gasteiger partial charge in [0.25, 0.3) is 0 Å². The molecule has 1 saturated carbocycles. The predicted molar refractivity (Wildman–Crippen MR) is 81.4 cm³/mol. The van der Waals surface area contributed by atoms with Crippen molar-refractivity contribution in [3.63, 3.8) is 0 Å². The van der Waals surface area contributed by atoms with E-state index in [1.165, 1.54) is 31.2 Å². The molecule has 23 heavy (non-hydrogen) atoms. The number of allylic oxidation sites excluding steroid dienone is 2. The van der Waals surface area contributed by atoms with Gasteiger partial charge in [0.2, 0.25) is 0 Å². The van der Waals surface area contributed by atoms with Gasteiger partial charge in [-0.3, -0.25) is 4.79 Å². The van der Waals surface area contributed by atoms with Crippen LogP contribution in [0.5, 0.6) is 0 Å². The second-order valence-electron chi connectivity index (χ2n) is 6.35. The molecule has 4 nitrogen and oxygen atoms in total. The predicted octanol–water partition coefficient (Wildman–Crippen LogP) is 3.36. The summed E-state index contributed by atoms with van der Waals surface area (Å²) in [5.74, 6) is -3.33. The van der Waals surface area contributed by atoms with Crippen LogP contribution in [0, 0.1) is 17.2 Å². The lowest BCUT2D eigenvalue weighted by atomic mass is 9.65. The van der Waals surface area contributed by atoms with Gasteiger partial charge in [-0.1, -0.05) is 24.3 Å². The molecule has 0 bridgehead atoms. The highest BCUT2D eigenvalue weighted by Gasteiger charge is 2.48. The largest absolute Gasteiger partial charge is 0.481 e. The quantitative estimate of drug-likeness (QED) is 0.893. The minimum absolute atomic E-state index is 0.117. The summed E-state index contributed by atoms with van der Waals surface area (Å²) < 4.78 is 13.2. The molecule has 0 aliphatic heterocycles. The van der Waals surface area contributed by atoms with Crippen LogP contribution in [0.25, 0.3) is 0 Å². The fourth-order valence-electron chi connectivity index (χ4n) is 3.28. The van der Waals surface area contributed by atoms with Crippen molar-refractivity contribution < 1.29 is 24.2 Å². The second kappa shape index (κ2) is 5.33. The third-order valence-electron chi connectivity index (χ3n) is 4.72. The molecule has 1 fully saturated rings. The molecule has 2 aliphatic rings. The van der Waals surface area contributed by atoms with Crippen molar-refractivity contribution in [2.24, 2.45) is 11.3 Å². The highest BCUT2D eigenvalue weighted by atomic mass is 19.1. The lowest BCUT2D eigenvalue weighted by Gasteiger charge is -2.36. The average molecular weight is 316 g/mol. The molecule has 0 aromatic heterocycles. The Kier molecular flexibility index (Phi) is 3.59. The molecule has 1 aromatic rings. The maximum absolute atomic E-state index is 13.2. The molecule has 0 heterocycles. The molecule has 2 aliphatic carbocycles. The van der Waals surface area contributed by atoms with E-state index >= 15 is 0 Å². The molecule has 0 amide bonds. The van der Waals surface area contributed by atoms with Crippen LogP contribution < -0.4 is 0 Å². The topological polar surface area (TPSA) is 74.6 Å². The minimum atomic E-state index is -1.38. The minimum Gasteiger partial charge on any atom is -0.481 e. The number of aliphatic carboxylic acids is 2. The SMILES string of the molecule is CC1(C(=O)O)C=CC(C2CC2)=C(C(=O)O)C1c1ccc(F)cc1. The van der Waals surface area contributed by atoms with E-state index in [1.807, 2.05) is 0 Å². The molecule has 0 radical (unpaired) electrons. The van der Waals surface area contributed by atoms with Crippen molar-refractivity contribution in [1.82, 2.24) is 0 Å². The van der Waals surface area contributed by atoms with Gasteiger partial charge in [0, 0.05) is 11.5 Å². The van der Waals surface area contributed by atoms with E-state index in [4.69, 9.17) is 0 Å². The number of carbonyl (C=O) groups is 2. The summed E-state index contributed by atoms with van der Waals surface area (Å²) in [6.45, 7) is 1.51. The summed E-state index contributed by atoms with van der Waals surface area (Å²) >= 11 is 0. The van der Waals surface area contributed by atoms with Gasteiger partial charge in [-0.25, -0.2) is 9.18 Å². The summed E-state index contributed by atoms with van der Waals surface area (Å²) in [5.41, 5.74) is -0.0718. The first kappa shape index (κ1) is 15.5. The van der Waals surface area contributed by atoms with E-state index in [-0.39, 0.29) is 11.5 Å². The number of rotatable bonds is 4. The van der Waals surface area contributed by atoms with Gasteiger partial charge in [0.05, 0.1) is 5.41 Å². The van der Waals surface area contributed by atoms with Gasteiger partial charge < -0.3 is 10.2 Å². The van der Waals surface area contributed by atoms with E-state index < -0.39 is 29.1 Å². The Balaban J connectivity index is 2.21. The number of carboxylic acids is 2. The molecule has 0 saturated heterocycles. The zero-order valence-corrected chi connectivity index (χ0v) is 12.6.